The molecule has 2 N–H and O–H groups in total. The lowest BCUT2D eigenvalue weighted by Gasteiger charge is -2.30. The first-order valence-corrected chi connectivity index (χ1v) is 10.3. The smallest absolute Gasteiger partial charge is 0.328 e. The zero-order valence-corrected chi connectivity index (χ0v) is 19.5. The van der Waals surface area contributed by atoms with Crippen LogP contribution in [0.3, 0.4) is 0 Å². The van der Waals surface area contributed by atoms with E-state index in [4.69, 9.17) is 16.3 Å². The maximum absolute atomic E-state index is 13.0. The molecule has 1 aromatic carbocycles. The molecule has 2 atom stereocenters. The van der Waals surface area contributed by atoms with Crippen molar-refractivity contribution in [2.24, 2.45) is 5.92 Å². The molecular formula is C22H31ClN2O6. The Labute approximate surface area is 188 Å². The molecule has 0 spiro atoms. The average Bonchev–Trinajstić information content (AvgIpc) is 2.73. The minimum atomic E-state index is -1.04. The number of methoxy groups -OCH3 is 2. The second-order valence-electron chi connectivity index (χ2n) is 8.03. The molecule has 0 saturated carbocycles. The van der Waals surface area contributed by atoms with E-state index >= 15 is 0 Å². The van der Waals surface area contributed by atoms with Crippen LogP contribution in [0.1, 0.15) is 46.1 Å². The SMILES string of the molecule is COC(=O)CC[C@@H](NC(=O)[C@@H](NC(=O)C(C)(C)c1ccc(Cl)cc1)C(C)C)C(=O)OC. The Morgan fingerprint density at radius 3 is 2.06 bits per heavy atom. The third kappa shape index (κ3) is 7.54. The number of nitrogens with one attached hydrogen (secondary N) is 2. The number of amides is 2. The van der Waals surface area contributed by atoms with Crippen LogP contribution in [-0.2, 0) is 34.1 Å². The van der Waals surface area contributed by atoms with Crippen LogP contribution < -0.4 is 10.6 Å². The van der Waals surface area contributed by atoms with Crippen molar-refractivity contribution in [3.05, 3.63) is 34.9 Å². The molecule has 0 radical (unpaired) electrons. The van der Waals surface area contributed by atoms with Gasteiger partial charge in [0.1, 0.15) is 12.1 Å². The van der Waals surface area contributed by atoms with Gasteiger partial charge in [0.25, 0.3) is 0 Å². The third-order valence-corrected chi connectivity index (χ3v) is 5.29. The number of hydrogen-bond donors (Lipinski definition) is 2. The van der Waals surface area contributed by atoms with Crippen LogP contribution in [0.2, 0.25) is 5.02 Å². The number of benzene rings is 1. The summed E-state index contributed by atoms with van der Waals surface area (Å²) >= 11 is 5.93. The lowest BCUT2D eigenvalue weighted by atomic mass is 9.83. The van der Waals surface area contributed by atoms with Gasteiger partial charge in [-0.3, -0.25) is 14.4 Å². The summed E-state index contributed by atoms with van der Waals surface area (Å²) in [5.41, 5.74) is -0.187. The van der Waals surface area contributed by atoms with Crippen molar-refractivity contribution in [3.63, 3.8) is 0 Å². The number of rotatable bonds is 10. The van der Waals surface area contributed by atoms with Crippen molar-refractivity contribution >= 4 is 35.4 Å². The molecule has 9 heteroatoms. The van der Waals surface area contributed by atoms with E-state index in [1.807, 2.05) is 0 Å². The van der Waals surface area contributed by atoms with Gasteiger partial charge >= 0.3 is 11.9 Å². The highest BCUT2D eigenvalue weighted by atomic mass is 35.5. The highest BCUT2D eigenvalue weighted by Gasteiger charge is 2.35. The summed E-state index contributed by atoms with van der Waals surface area (Å²) in [5.74, 6) is -2.36. The predicted octanol–water partition coefficient (Wildman–Crippen LogP) is 2.37. The first-order valence-electron chi connectivity index (χ1n) is 9.96. The summed E-state index contributed by atoms with van der Waals surface area (Å²) in [5, 5.41) is 5.92. The van der Waals surface area contributed by atoms with Gasteiger partial charge in [-0.25, -0.2) is 4.79 Å². The Bertz CT molecular complexity index is 792. The number of halogens is 1. The molecule has 0 aromatic heterocycles. The van der Waals surface area contributed by atoms with Crippen LogP contribution in [0, 0.1) is 5.92 Å². The molecule has 1 aromatic rings. The normalized spacial score (nSPS) is 13.2. The Kier molecular flexibility index (Phi) is 9.97. The zero-order chi connectivity index (χ0) is 23.8. The van der Waals surface area contributed by atoms with Crippen molar-refractivity contribution in [2.75, 3.05) is 14.2 Å². The molecule has 31 heavy (non-hydrogen) atoms. The fourth-order valence-corrected chi connectivity index (χ4v) is 3.00. The molecule has 0 fully saturated rings. The van der Waals surface area contributed by atoms with Gasteiger partial charge in [0.2, 0.25) is 11.8 Å². The van der Waals surface area contributed by atoms with Gasteiger partial charge in [-0.15, -0.1) is 0 Å². The summed E-state index contributed by atoms with van der Waals surface area (Å²) in [4.78, 5) is 49.4. The third-order valence-electron chi connectivity index (χ3n) is 5.04. The van der Waals surface area contributed by atoms with E-state index < -0.39 is 35.3 Å². The fourth-order valence-electron chi connectivity index (χ4n) is 2.87. The fraction of sp³-hybridized carbons (Fsp3) is 0.545. The Hall–Kier alpha value is -2.61. The highest BCUT2D eigenvalue weighted by Crippen LogP contribution is 2.25. The molecule has 0 bridgehead atoms. The monoisotopic (exact) mass is 454 g/mol. The highest BCUT2D eigenvalue weighted by molar-refractivity contribution is 6.30. The molecule has 0 aliphatic carbocycles. The summed E-state index contributed by atoms with van der Waals surface area (Å²) in [6.07, 6.45) is -0.0566. The van der Waals surface area contributed by atoms with E-state index in [-0.39, 0.29) is 24.7 Å². The van der Waals surface area contributed by atoms with E-state index in [1.165, 1.54) is 14.2 Å². The van der Waals surface area contributed by atoms with Crippen LogP contribution in [0.5, 0.6) is 0 Å². The van der Waals surface area contributed by atoms with Gasteiger partial charge in [-0.2, -0.15) is 0 Å². The standard InChI is InChI=1S/C22H31ClN2O6/c1-13(2)18(19(27)24-16(20(28)31-6)11-12-17(26)30-5)25-21(29)22(3,4)14-7-9-15(23)10-8-14/h7-10,13,16,18H,11-12H2,1-6H3,(H,24,27)(H,25,29)/t16-,18+/m1/s1. The van der Waals surface area contributed by atoms with Crippen LogP contribution in [0.4, 0.5) is 0 Å². The molecule has 1 rings (SSSR count). The maximum Gasteiger partial charge on any atom is 0.328 e. The van der Waals surface area contributed by atoms with Crippen LogP contribution >= 0.6 is 11.6 Å². The van der Waals surface area contributed by atoms with Gasteiger partial charge < -0.3 is 20.1 Å². The lowest BCUT2D eigenvalue weighted by molar-refractivity contribution is -0.147. The molecule has 0 aliphatic rings. The molecule has 0 heterocycles. The van der Waals surface area contributed by atoms with Crippen LogP contribution in [0.25, 0.3) is 0 Å². The summed E-state index contributed by atoms with van der Waals surface area (Å²) in [7, 11) is 2.43. The van der Waals surface area contributed by atoms with E-state index in [0.717, 1.165) is 5.56 Å². The maximum atomic E-state index is 13.0. The first-order chi connectivity index (χ1) is 14.4. The minimum absolute atomic E-state index is 0.0140. The Balaban J connectivity index is 2.96. The summed E-state index contributed by atoms with van der Waals surface area (Å²) in [6, 6.07) is 4.96. The number of ether oxygens (including phenoxy) is 2. The largest absolute Gasteiger partial charge is 0.469 e. The van der Waals surface area contributed by atoms with E-state index in [1.54, 1.807) is 52.0 Å². The second kappa shape index (κ2) is 11.7. The number of hydrogen-bond acceptors (Lipinski definition) is 6. The minimum Gasteiger partial charge on any atom is -0.469 e. The van der Waals surface area contributed by atoms with Crippen molar-refractivity contribution in [2.45, 2.75) is 58.0 Å². The Morgan fingerprint density at radius 1 is 1.00 bits per heavy atom. The van der Waals surface area contributed by atoms with Gasteiger partial charge in [-0.05, 0) is 43.9 Å². The first kappa shape index (κ1) is 26.4. The molecule has 0 saturated heterocycles. The lowest BCUT2D eigenvalue weighted by Crippen LogP contribution is -2.56. The number of carbonyl (C=O) groups is 4. The second-order valence-corrected chi connectivity index (χ2v) is 8.46. The molecule has 8 nitrogen and oxygen atoms in total. The van der Waals surface area contributed by atoms with Gasteiger partial charge in [0.05, 0.1) is 19.6 Å². The topological polar surface area (TPSA) is 111 Å². The molecule has 2 amide bonds. The summed E-state index contributed by atoms with van der Waals surface area (Å²) < 4.78 is 9.29. The molecule has 172 valence electrons. The van der Waals surface area contributed by atoms with Crippen molar-refractivity contribution < 1.29 is 28.7 Å². The van der Waals surface area contributed by atoms with Crippen molar-refractivity contribution in [3.8, 4) is 0 Å². The molecular weight excluding hydrogens is 424 g/mol. The predicted molar refractivity (Wildman–Crippen MR) is 116 cm³/mol. The van der Waals surface area contributed by atoms with E-state index in [0.29, 0.717) is 5.02 Å². The van der Waals surface area contributed by atoms with Crippen molar-refractivity contribution in [1.29, 1.82) is 0 Å². The molecule has 0 aliphatic heterocycles. The van der Waals surface area contributed by atoms with E-state index in [2.05, 4.69) is 15.4 Å². The number of carbonyl (C=O) groups excluding carboxylic acids is 4. The molecule has 0 unspecified atom stereocenters. The number of esters is 2. The van der Waals surface area contributed by atoms with Gasteiger partial charge in [0, 0.05) is 11.4 Å². The van der Waals surface area contributed by atoms with E-state index in [9.17, 15) is 19.2 Å². The van der Waals surface area contributed by atoms with Crippen LogP contribution in [-0.4, -0.2) is 50.1 Å². The van der Waals surface area contributed by atoms with Gasteiger partial charge in [-0.1, -0.05) is 37.6 Å². The van der Waals surface area contributed by atoms with Crippen LogP contribution in [0.15, 0.2) is 24.3 Å². The quantitative estimate of drug-likeness (QED) is 0.525. The van der Waals surface area contributed by atoms with Crippen molar-refractivity contribution in [1.82, 2.24) is 10.6 Å². The zero-order valence-electron chi connectivity index (χ0n) is 18.8. The average molecular weight is 455 g/mol. The van der Waals surface area contributed by atoms with Gasteiger partial charge in [0.15, 0.2) is 0 Å². The Morgan fingerprint density at radius 2 is 1.58 bits per heavy atom. The summed E-state index contributed by atoms with van der Waals surface area (Å²) in [6.45, 7) is 7.05.